The fraction of sp³-hybridized carbons (Fsp3) is 0.200. The first-order valence-electron chi connectivity index (χ1n) is 6.32. The van der Waals surface area contributed by atoms with E-state index >= 15 is 0 Å². The molecule has 3 aromatic rings. The lowest BCUT2D eigenvalue weighted by atomic mass is 9.46. The van der Waals surface area contributed by atoms with E-state index in [0.717, 1.165) is 0 Å². The molecular formula is C15H15BS3. The van der Waals surface area contributed by atoms with E-state index in [4.69, 9.17) is 0 Å². The highest BCUT2D eigenvalue weighted by Gasteiger charge is 2.26. The summed E-state index contributed by atoms with van der Waals surface area (Å²) in [7, 11) is 0. The van der Waals surface area contributed by atoms with Crippen LogP contribution in [0.25, 0.3) is 0 Å². The molecular weight excluding hydrogens is 287 g/mol. The van der Waals surface area contributed by atoms with Gasteiger partial charge in [-0.3, -0.25) is 0 Å². The molecule has 19 heavy (non-hydrogen) atoms. The molecule has 0 nitrogen and oxygen atoms in total. The molecule has 0 atom stereocenters. The smallest absolute Gasteiger partial charge is 0.155 e. The van der Waals surface area contributed by atoms with Gasteiger partial charge in [0.15, 0.2) is 0 Å². The van der Waals surface area contributed by atoms with Crippen LogP contribution in [0.5, 0.6) is 0 Å². The third-order valence-electron chi connectivity index (χ3n) is 3.14. The normalized spacial score (nSPS) is 10.9. The van der Waals surface area contributed by atoms with E-state index in [0.29, 0.717) is 6.71 Å². The summed E-state index contributed by atoms with van der Waals surface area (Å²) in [5, 5.41) is 0. The van der Waals surface area contributed by atoms with E-state index in [1.165, 1.54) is 29.0 Å². The van der Waals surface area contributed by atoms with E-state index < -0.39 is 0 Å². The van der Waals surface area contributed by atoms with Gasteiger partial charge in [-0.05, 0) is 53.3 Å². The maximum atomic E-state index is 2.29. The fourth-order valence-electron chi connectivity index (χ4n) is 2.25. The highest BCUT2D eigenvalue weighted by atomic mass is 32.1. The van der Waals surface area contributed by atoms with Crippen LogP contribution in [0.1, 0.15) is 14.6 Å². The van der Waals surface area contributed by atoms with Crippen molar-refractivity contribution in [3.63, 3.8) is 0 Å². The van der Waals surface area contributed by atoms with Crippen molar-refractivity contribution in [2.45, 2.75) is 20.8 Å². The third-order valence-corrected chi connectivity index (χ3v) is 6.33. The zero-order valence-corrected chi connectivity index (χ0v) is 13.7. The summed E-state index contributed by atoms with van der Waals surface area (Å²) in [6.45, 7) is 6.98. The first kappa shape index (κ1) is 13.2. The molecule has 3 heterocycles. The summed E-state index contributed by atoms with van der Waals surface area (Å²) < 4.78 is 4.38. The molecule has 0 saturated heterocycles. The molecule has 3 aromatic heterocycles. The van der Waals surface area contributed by atoms with Gasteiger partial charge in [0.1, 0.15) is 0 Å². The van der Waals surface area contributed by atoms with E-state index in [1.807, 2.05) is 34.0 Å². The Kier molecular flexibility index (Phi) is 3.65. The van der Waals surface area contributed by atoms with Gasteiger partial charge < -0.3 is 0 Å². The van der Waals surface area contributed by atoms with Gasteiger partial charge >= 0.3 is 0 Å². The number of rotatable bonds is 3. The maximum Gasteiger partial charge on any atom is 0.278 e. The Bertz CT molecular complexity index is 594. The Hall–Kier alpha value is -0.835. The van der Waals surface area contributed by atoms with Gasteiger partial charge in [0, 0.05) is 14.6 Å². The third kappa shape index (κ3) is 2.71. The van der Waals surface area contributed by atoms with Crippen molar-refractivity contribution in [2.24, 2.45) is 0 Å². The molecule has 0 radical (unpaired) electrons. The van der Waals surface area contributed by atoms with Crippen molar-refractivity contribution in [3.8, 4) is 0 Å². The Labute approximate surface area is 126 Å². The molecule has 0 unspecified atom stereocenters. The summed E-state index contributed by atoms with van der Waals surface area (Å²) in [4.78, 5) is 4.17. The molecule has 0 saturated carbocycles. The first-order chi connectivity index (χ1) is 9.13. The van der Waals surface area contributed by atoms with Gasteiger partial charge in [0.05, 0.1) is 0 Å². The van der Waals surface area contributed by atoms with Crippen LogP contribution in [-0.2, 0) is 0 Å². The van der Waals surface area contributed by atoms with Crippen LogP contribution in [-0.4, -0.2) is 6.71 Å². The SMILES string of the molecule is Cc1ccc(B(c2ccc(C)s2)c2ccc(C)s2)s1. The van der Waals surface area contributed by atoms with Gasteiger partial charge in [0.25, 0.3) is 6.71 Å². The predicted molar refractivity (Wildman–Crippen MR) is 91.8 cm³/mol. The van der Waals surface area contributed by atoms with Gasteiger partial charge in [-0.15, -0.1) is 0 Å². The molecule has 0 aliphatic heterocycles. The number of aryl methyl sites for hydroxylation is 3. The Morgan fingerprint density at radius 1 is 0.579 bits per heavy atom. The van der Waals surface area contributed by atoms with E-state index in [-0.39, 0.29) is 0 Å². The van der Waals surface area contributed by atoms with Crippen LogP contribution in [0, 0.1) is 20.8 Å². The van der Waals surface area contributed by atoms with Gasteiger partial charge in [0.2, 0.25) is 0 Å². The van der Waals surface area contributed by atoms with Crippen molar-refractivity contribution in [1.82, 2.24) is 0 Å². The molecule has 0 N–H and O–H groups in total. The zero-order chi connectivity index (χ0) is 13.4. The average molecular weight is 302 g/mol. The summed E-state index contributed by atoms with van der Waals surface area (Å²) in [6.07, 6.45) is 0. The molecule has 0 aliphatic carbocycles. The number of hydrogen-bond acceptors (Lipinski definition) is 3. The van der Waals surface area contributed by atoms with E-state index in [9.17, 15) is 0 Å². The molecule has 0 spiro atoms. The second-order valence-electron chi connectivity index (χ2n) is 4.78. The highest BCUT2D eigenvalue weighted by molar-refractivity contribution is 7.40. The van der Waals surface area contributed by atoms with Crippen molar-refractivity contribution in [2.75, 3.05) is 0 Å². The van der Waals surface area contributed by atoms with Gasteiger partial charge in [-0.1, -0.05) is 18.2 Å². The Morgan fingerprint density at radius 3 is 1.11 bits per heavy atom. The average Bonchev–Trinajstić information content (AvgIpc) is 3.05. The minimum Gasteiger partial charge on any atom is -0.155 e. The van der Waals surface area contributed by atoms with Crippen LogP contribution in [0.3, 0.4) is 0 Å². The van der Waals surface area contributed by atoms with E-state index in [2.05, 4.69) is 57.2 Å². The molecule has 0 bridgehead atoms. The van der Waals surface area contributed by atoms with Crippen LogP contribution < -0.4 is 14.3 Å². The number of thiophene rings is 3. The Balaban J connectivity index is 2.10. The predicted octanol–water partition coefficient (Wildman–Crippen LogP) is 3.31. The second kappa shape index (κ2) is 5.27. The lowest BCUT2D eigenvalue weighted by Crippen LogP contribution is -2.48. The summed E-state index contributed by atoms with van der Waals surface area (Å²) in [5.74, 6) is 0. The molecule has 4 heteroatoms. The molecule has 0 aliphatic rings. The minimum atomic E-state index is 0.427. The van der Waals surface area contributed by atoms with Crippen LogP contribution >= 0.6 is 34.0 Å². The summed E-state index contributed by atoms with van der Waals surface area (Å²) in [6, 6.07) is 13.5. The number of hydrogen-bond donors (Lipinski definition) is 0. The first-order valence-corrected chi connectivity index (χ1v) is 8.77. The fourth-order valence-corrected chi connectivity index (χ4v) is 5.52. The van der Waals surface area contributed by atoms with Crippen molar-refractivity contribution >= 4 is 55.1 Å². The van der Waals surface area contributed by atoms with Gasteiger partial charge in [-0.25, -0.2) is 0 Å². The van der Waals surface area contributed by atoms with E-state index in [1.54, 1.807) is 0 Å². The maximum absolute atomic E-state index is 2.29. The topological polar surface area (TPSA) is 0 Å². The summed E-state index contributed by atoms with van der Waals surface area (Å²) in [5.41, 5.74) is 0. The monoisotopic (exact) mass is 302 g/mol. The van der Waals surface area contributed by atoms with Crippen LogP contribution in [0.2, 0.25) is 0 Å². The zero-order valence-electron chi connectivity index (χ0n) is 11.3. The minimum absolute atomic E-state index is 0.427. The van der Waals surface area contributed by atoms with Crippen LogP contribution in [0.15, 0.2) is 36.4 Å². The molecule has 0 amide bonds. The molecule has 0 fully saturated rings. The van der Waals surface area contributed by atoms with Crippen LogP contribution in [0.4, 0.5) is 0 Å². The largest absolute Gasteiger partial charge is 0.278 e. The van der Waals surface area contributed by atoms with Crippen molar-refractivity contribution in [1.29, 1.82) is 0 Å². The molecule has 3 rings (SSSR count). The lowest BCUT2D eigenvalue weighted by molar-refractivity contribution is 1.64. The lowest BCUT2D eigenvalue weighted by Gasteiger charge is -2.07. The second-order valence-corrected chi connectivity index (χ2v) is 8.74. The van der Waals surface area contributed by atoms with Crippen molar-refractivity contribution in [3.05, 3.63) is 51.0 Å². The molecule has 96 valence electrons. The summed E-state index contributed by atoms with van der Waals surface area (Å²) >= 11 is 5.75. The quantitative estimate of drug-likeness (QED) is 0.651. The standard InChI is InChI=1S/C15H15BS3/c1-10-4-7-13(17-10)16(14-8-5-11(2)18-14)15-9-6-12(3)19-15/h4-9H,1-3H3. The highest BCUT2D eigenvalue weighted by Crippen LogP contribution is 2.13. The Morgan fingerprint density at radius 2 is 0.895 bits per heavy atom. The van der Waals surface area contributed by atoms with Gasteiger partial charge in [-0.2, -0.15) is 34.0 Å². The molecule has 0 aromatic carbocycles. The van der Waals surface area contributed by atoms with Crippen molar-refractivity contribution < 1.29 is 0 Å².